The van der Waals surface area contributed by atoms with Gasteiger partial charge in [0.1, 0.15) is 0 Å². The Labute approximate surface area is 146 Å². The van der Waals surface area contributed by atoms with Crippen LogP contribution in [0.3, 0.4) is 0 Å². The number of ether oxygens (including phenoxy) is 1. The lowest BCUT2D eigenvalue weighted by molar-refractivity contribution is -0.128. The second-order valence-electron chi connectivity index (χ2n) is 6.12. The molecule has 0 aromatic heterocycles. The maximum Gasteiger partial charge on any atom is 0.338 e. The first-order chi connectivity index (χ1) is 12.2. The van der Waals surface area contributed by atoms with Gasteiger partial charge in [-0.1, -0.05) is 36.4 Å². The summed E-state index contributed by atoms with van der Waals surface area (Å²) >= 11 is 0. The van der Waals surface area contributed by atoms with E-state index in [1.54, 1.807) is 23.1 Å². The summed E-state index contributed by atoms with van der Waals surface area (Å²) in [6.45, 7) is 1.36. The number of esters is 1. The van der Waals surface area contributed by atoms with Gasteiger partial charge in [-0.2, -0.15) is 5.26 Å². The molecule has 0 saturated carbocycles. The first-order valence-electron chi connectivity index (χ1n) is 8.14. The van der Waals surface area contributed by atoms with Crippen molar-refractivity contribution in [3.05, 3.63) is 71.3 Å². The quantitative estimate of drug-likeness (QED) is 0.788. The maximum atomic E-state index is 12.1. The fourth-order valence-corrected chi connectivity index (χ4v) is 2.91. The maximum absolute atomic E-state index is 12.1. The molecule has 3 rings (SSSR count). The molecule has 1 unspecified atom stereocenters. The van der Waals surface area contributed by atoms with Gasteiger partial charge >= 0.3 is 5.97 Å². The fraction of sp³-hybridized carbons (Fsp3) is 0.250. The molecule has 1 atom stereocenters. The van der Waals surface area contributed by atoms with Gasteiger partial charge < -0.3 is 9.64 Å². The highest BCUT2D eigenvalue weighted by Crippen LogP contribution is 2.21. The summed E-state index contributed by atoms with van der Waals surface area (Å²) in [4.78, 5) is 26.0. The summed E-state index contributed by atoms with van der Waals surface area (Å²) in [5.74, 6) is -0.387. The topological polar surface area (TPSA) is 70.4 Å². The molecule has 1 heterocycles. The number of carbonyl (C=O) groups excluding carboxylic acids is 2. The van der Waals surface area contributed by atoms with E-state index in [4.69, 9.17) is 10.00 Å². The minimum Gasteiger partial charge on any atom is -0.462 e. The van der Waals surface area contributed by atoms with Crippen LogP contribution in [0.25, 0.3) is 0 Å². The average Bonchev–Trinajstić information content (AvgIpc) is 3.00. The van der Waals surface area contributed by atoms with E-state index in [9.17, 15) is 9.59 Å². The van der Waals surface area contributed by atoms with Gasteiger partial charge in [0.25, 0.3) is 0 Å². The van der Waals surface area contributed by atoms with Crippen molar-refractivity contribution in [1.82, 2.24) is 4.90 Å². The summed E-state index contributed by atoms with van der Waals surface area (Å²) in [5, 5.41) is 8.88. The zero-order chi connectivity index (χ0) is 17.6. The van der Waals surface area contributed by atoms with E-state index in [1.807, 2.05) is 36.4 Å². The summed E-state index contributed by atoms with van der Waals surface area (Å²) in [5.41, 5.74) is 1.85. The van der Waals surface area contributed by atoms with Crippen molar-refractivity contribution in [2.24, 2.45) is 5.92 Å². The van der Waals surface area contributed by atoms with Gasteiger partial charge in [-0.15, -0.1) is 0 Å². The zero-order valence-electron chi connectivity index (χ0n) is 13.7. The van der Waals surface area contributed by atoms with Gasteiger partial charge in [0.15, 0.2) is 0 Å². The van der Waals surface area contributed by atoms with Gasteiger partial charge in [-0.3, -0.25) is 4.79 Å². The lowest BCUT2D eigenvalue weighted by Crippen LogP contribution is -2.25. The number of rotatable bonds is 5. The van der Waals surface area contributed by atoms with Crippen LogP contribution in [0.15, 0.2) is 54.6 Å². The van der Waals surface area contributed by atoms with Crippen molar-refractivity contribution in [2.45, 2.75) is 13.0 Å². The Morgan fingerprint density at radius 1 is 1.20 bits per heavy atom. The van der Waals surface area contributed by atoms with Crippen molar-refractivity contribution in [2.75, 3.05) is 13.2 Å². The molecule has 2 aromatic rings. The number of nitrogens with zero attached hydrogens (tertiary/aromatic N) is 2. The van der Waals surface area contributed by atoms with Crippen LogP contribution in [0.2, 0.25) is 0 Å². The summed E-state index contributed by atoms with van der Waals surface area (Å²) in [6, 6.07) is 18.2. The molecule has 0 spiro atoms. The molecule has 0 N–H and O–H groups in total. The molecule has 25 heavy (non-hydrogen) atoms. The van der Waals surface area contributed by atoms with E-state index in [0.717, 1.165) is 5.56 Å². The van der Waals surface area contributed by atoms with Crippen molar-refractivity contribution in [3.63, 3.8) is 0 Å². The average molecular weight is 334 g/mol. The van der Waals surface area contributed by atoms with Crippen LogP contribution < -0.4 is 0 Å². The van der Waals surface area contributed by atoms with Gasteiger partial charge in [0.05, 0.1) is 23.8 Å². The number of amides is 1. The predicted molar refractivity (Wildman–Crippen MR) is 91.4 cm³/mol. The number of benzene rings is 2. The fourth-order valence-electron chi connectivity index (χ4n) is 2.91. The normalized spacial score (nSPS) is 16.5. The molecule has 2 aromatic carbocycles. The minimum absolute atomic E-state index is 0.000637. The lowest BCUT2D eigenvalue weighted by Gasteiger charge is -2.16. The highest BCUT2D eigenvalue weighted by Gasteiger charge is 2.30. The monoisotopic (exact) mass is 334 g/mol. The van der Waals surface area contributed by atoms with Crippen LogP contribution >= 0.6 is 0 Å². The largest absolute Gasteiger partial charge is 0.462 e. The van der Waals surface area contributed by atoms with Gasteiger partial charge in [0, 0.05) is 25.4 Å². The van der Waals surface area contributed by atoms with Crippen molar-refractivity contribution in [3.8, 4) is 6.07 Å². The molecule has 5 nitrogen and oxygen atoms in total. The van der Waals surface area contributed by atoms with E-state index >= 15 is 0 Å². The number of nitriles is 1. The Morgan fingerprint density at radius 2 is 2.00 bits per heavy atom. The van der Waals surface area contributed by atoms with Crippen LogP contribution in [-0.4, -0.2) is 29.9 Å². The summed E-state index contributed by atoms with van der Waals surface area (Å²) in [7, 11) is 0. The SMILES string of the molecule is N#Cc1cccc(C(=O)OCC2CC(=O)N(Cc3ccccc3)C2)c1. The van der Waals surface area contributed by atoms with E-state index in [1.165, 1.54) is 6.07 Å². The molecule has 1 aliphatic heterocycles. The molecular weight excluding hydrogens is 316 g/mol. The number of hydrogen-bond donors (Lipinski definition) is 0. The zero-order valence-corrected chi connectivity index (χ0v) is 13.7. The number of carbonyl (C=O) groups is 2. The molecule has 1 aliphatic rings. The Balaban J connectivity index is 1.53. The number of likely N-dealkylation sites (tertiary alicyclic amines) is 1. The predicted octanol–water partition coefficient (Wildman–Crippen LogP) is 2.76. The summed E-state index contributed by atoms with van der Waals surface area (Å²) < 4.78 is 5.33. The Morgan fingerprint density at radius 3 is 2.76 bits per heavy atom. The van der Waals surface area contributed by atoms with E-state index < -0.39 is 5.97 Å². The van der Waals surface area contributed by atoms with Crippen LogP contribution in [0, 0.1) is 17.2 Å². The molecule has 5 heteroatoms. The molecule has 1 amide bonds. The Hall–Kier alpha value is -3.13. The van der Waals surface area contributed by atoms with Crippen molar-refractivity contribution in [1.29, 1.82) is 5.26 Å². The van der Waals surface area contributed by atoms with Crippen LogP contribution in [0.4, 0.5) is 0 Å². The van der Waals surface area contributed by atoms with Crippen molar-refractivity contribution >= 4 is 11.9 Å². The van der Waals surface area contributed by atoms with Crippen LogP contribution in [-0.2, 0) is 16.1 Å². The molecule has 126 valence electrons. The molecule has 1 saturated heterocycles. The third-order valence-corrected chi connectivity index (χ3v) is 4.19. The second-order valence-corrected chi connectivity index (χ2v) is 6.12. The van der Waals surface area contributed by atoms with Crippen LogP contribution in [0.1, 0.15) is 27.9 Å². The molecule has 0 radical (unpaired) electrons. The first kappa shape index (κ1) is 16.7. The van der Waals surface area contributed by atoms with Gasteiger partial charge in [-0.05, 0) is 23.8 Å². The van der Waals surface area contributed by atoms with Crippen molar-refractivity contribution < 1.29 is 14.3 Å². The first-order valence-corrected chi connectivity index (χ1v) is 8.14. The third-order valence-electron chi connectivity index (χ3n) is 4.19. The minimum atomic E-state index is -0.467. The molecular formula is C20H18N2O3. The molecule has 0 bridgehead atoms. The second kappa shape index (κ2) is 7.63. The standard InChI is InChI=1S/C20H18N2O3/c21-11-16-7-4-8-18(9-16)20(24)25-14-17-10-19(23)22(13-17)12-15-5-2-1-3-6-15/h1-9,17H,10,12-14H2. The van der Waals surface area contributed by atoms with E-state index in [-0.39, 0.29) is 18.4 Å². The number of hydrogen-bond acceptors (Lipinski definition) is 4. The van der Waals surface area contributed by atoms with E-state index in [2.05, 4.69) is 0 Å². The lowest BCUT2D eigenvalue weighted by atomic mass is 10.1. The highest BCUT2D eigenvalue weighted by molar-refractivity contribution is 5.89. The molecule has 0 aliphatic carbocycles. The smallest absolute Gasteiger partial charge is 0.338 e. The van der Waals surface area contributed by atoms with E-state index in [0.29, 0.717) is 30.6 Å². The third kappa shape index (κ3) is 4.24. The molecule has 1 fully saturated rings. The Kier molecular flexibility index (Phi) is 5.10. The van der Waals surface area contributed by atoms with Gasteiger partial charge in [-0.25, -0.2) is 4.79 Å². The van der Waals surface area contributed by atoms with Crippen LogP contribution in [0.5, 0.6) is 0 Å². The highest BCUT2D eigenvalue weighted by atomic mass is 16.5. The summed E-state index contributed by atoms with van der Waals surface area (Å²) in [6.07, 6.45) is 0.387. The Bertz CT molecular complexity index is 811. The van der Waals surface area contributed by atoms with Gasteiger partial charge in [0.2, 0.25) is 5.91 Å².